The molecule has 0 bridgehead atoms. The number of hydrogen-bond acceptors (Lipinski definition) is 2. The van der Waals surface area contributed by atoms with Crippen LogP contribution in [-0.4, -0.2) is 40.4 Å². The molecule has 1 unspecified atom stereocenters. The van der Waals surface area contributed by atoms with E-state index >= 15 is 0 Å². The lowest BCUT2D eigenvalue weighted by molar-refractivity contribution is -0.136. The van der Waals surface area contributed by atoms with Crippen molar-refractivity contribution in [2.24, 2.45) is 5.92 Å². The van der Waals surface area contributed by atoms with E-state index in [1.165, 1.54) is 0 Å². The van der Waals surface area contributed by atoms with Gasteiger partial charge in [0.25, 0.3) is 0 Å². The van der Waals surface area contributed by atoms with E-state index in [1.54, 1.807) is 0 Å². The Balaban J connectivity index is 1.70. The Morgan fingerprint density at radius 2 is 2.04 bits per heavy atom. The Bertz CT molecular complexity index is 778. The van der Waals surface area contributed by atoms with Gasteiger partial charge in [-0.3, -0.25) is 9.59 Å². The van der Waals surface area contributed by atoms with E-state index in [0.29, 0.717) is 13.1 Å². The maximum atomic E-state index is 12.8. The number of nitrogens with zero attached hydrogens (tertiary/aromatic N) is 2. The van der Waals surface area contributed by atoms with Gasteiger partial charge in [-0.2, -0.15) is 0 Å². The maximum Gasteiger partial charge on any atom is 0.242 e. The molecule has 5 nitrogen and oxygen atoms in total. The summed E-state index contributed by atoms with van der Waals surface area (Å²) in [6, 6.07) is 10.4. The Hall–Kier alpha value is -2.30. The first-order valence-electron chi connectivity index (χ1n) is 9.08. The van der Waals surface area contributed by atoms with Crippen LogP contribution in [0.3, 0.4) is 0 Å². The molecule has 1 atom stereocenters. The van der Waals surface area contributed by atoms with Gasteiger partial charge in [0.05, 0.1) is 5.92 Å². The number of amides is 2. The number of para-hydroxylation sites is 1. The van der Waals surface area contributed by atoms with E-state index in [9.17, 15) is 9.59 Å². The molecule has 0 saturated carbocycles. The average Bonchev–Trinajstić information content (AvgIpc) is 2.90. The first-order chi connectivity index (χ1) is 12.0. The fourth-order valence-corrected chi connectivity index (χ4v) is 3.61. The Morgan fingerprint density at radius 3 is 2.80 bits per heavy atom. The zero-order valence-corrected chi connectivity index (χ0v) is 15.3. The first-order valence-corrected chi connectivity index (χ1v) is 9.08. The van der Waals surface area contributed by atoms with Crippen LogP contribution in [0, 0.1) is 12.8 Å². The fourth-order valence-electron chi connectivity index (χ4n) is 3.61. The zero-order valence-electron chi connectivity index (χ0n) is 15.3. The van der Waals surface area contributed by atoms with E-state index in [-0.39, 0.29) is 23.8 Å². The molecule has 1 saturated heterocycles. The van der Waals surface area contributed by atoms with E-state index < -0.39 is 0 Å². The third-order valence-corrected chi connectivity index (χ3v) is 4.89. The minimum Gasteiger partial charge on any atom is -0.354 e. The van der Waals surface area contributed by atoms with Crippen LogP contribution < -0.4 is 5.32 Å². The molecule has 2 aromatic rings. The normalized spacial score (nSPS) is 17.9. The molecule has 1 aromatic carbocycles. The molecule has 1 aromatic heterocycles. The minimum atomic E-state index is -0.0948. The summed E-state index contributed by atoms with van der Waals surface area (Å²) >= 11 is 0. The van der Waals surface area contributed by atoms with Gasteiger partial charge in [-0.15, -0.1) is 0 Å². The molecule has 0 aliphatic carbocycles. The van der Waals surface area contributed by atoms with Gasteiger partial charge in [0.15, 0.2) is 0 Å². The Kier molecular flexibility index (Phi) is 5.11. The molecule has 0 radical (unpaired) electrons. The van der Waals surface area contributed by atoms with Crippen LogP contribution in [0.25, 0.3) is 10.9 Å². The van der Waals surface area contributed by atoms with Crippen molar-refractivity contribution in [1.82, 2.24) is 14.8 Å². The first kappa shape index (κ1) is 17.5. The standard InChI is InChI=1S/C20H27N3O2/c1-14(2)21-20(25)17-8-6-10-22(12-17)19(24)13-23-15(3)11-16-7-4-5-9-18(16)23/h4-5,7,9,11,14,17H,6,8,10,12-13H2,1-3H3,(H,21,25). The van der Waals surface area contributed by atoms with Crippen molar-refractivity contribution in [3.05, 3.63) is 36.0 Å². The molecule has 25 heavy (non-hydrogen) atoms. The molecule has 0 spiro atoms. The van der Waals surface area contributed by atoms with Crippen molar-refractivity contribution >= 4 is 22.7 Å². The van der Waals surface area contributed by atoms with Crippen LogP contribution >= 0.6 is 0 Å². The van der Waals surface area contributed by atoms with Crippen molar-refractivity contribution in [1.29, 1.82) is 0 Å². The van der Waals surface area contributed by atoms with Gasteiger partial charge in [0.2, 0.25) is 11.8 Å². The zero-order chi connectivity index (χ0) is 18.0. The van der Waals surface area contributed by atoms with E-state index in [4.69, 9.17) is 0 Å². The molecule has 1 aliphatic heterocycles. The number of nitrogens with one attached hydrogen (secondary N) is 1. The highest BCUT2D eigenvalue weighted by atomic mass is 16.2. The van der Waals surface area contributed by atoms with Crippen molar-refractivity contribution in [3.8, 4) is 0 Å². The number of hydrogen-bond donors (Lipinski definition) is 1. The van der Waals surface area contributed by atoms with E-state index in [1.807, 2.05) is 43.9 Å². The van der Waals surface area contributed by atoms with Gasteiger partial charge in [-0.05, 0) is 51.1 Å². The molecular weight excluding hydrogens is 314 g/mol. The molecule has 2 heterocycles. The largest absolute Gasteiger partial charge is 0.354 e. The van der Waals surface area contributed by atoms with Gasteiger partial charge < -0.3 is 14.8 Å². The Labute approximate surface area is 149 Å². The highest BCUT2D eigenvalue weighted by Gasteiger charge is 2.28. The third-order valence-electron chi connectivity index (χ3n) is 4.89. The number of fused-ring (bicyclic) bond motifs is 1. The molecule has 134 valence electrons. The highest BCUT2D eigenvalue weighted by Crippen LogP contribution is 2.21. The van der Waals surface area contributed by atoms with Crippen molar-refractivity contribution in [2.75, 3.05) is 13.1 Å². The summed E-state index contributed by atoms with van der Waals surface area (Å²) in [6.45, 7) is 7.55. The fraction of sp³-hybridized carbons (Fsp3) is 0.500. The molecule has 1 N–H and O–H groups in total. The second-order valence-electron chi connectivity index (χ2n) is 7.27. The summed E-state index contributed by atoms with van der Waals surface area (Å²) in [7, 11) is 0. The number of carbonyl (C=O) groups is 2. The quantitative estimate of drug-likeness (QED) is 0.930. The molecule has 3 rings (SSSR count). The number of likely N-dealkylation sites (tertiary alicyclic amines) is 1. The number of rotatable bonds is 4. The number of aryl methyl sites for hydroxylation is 1. The van der Waals surface area contributed by atoms with Gasteiger partial charge in [0, 0.05) is 30.3 Å². The maximum absolute atomic E-state index is 12.8. The SMILES string of the molecule is Cc1cc2ccccc2n1CC(=O)N1CCCC(C(=O)NC(C)C)C1. The monoisotopic (exact) mass is 341 g/mol. The molecule has 5 heteroatoms. The lowest BCUT2D eigenvalue weighted by Crippen LogP contribution is -2.47. The molecule has 1 fully saturated rings. The Morgan fingerprint density at radius 1 is 1.28 bits per heavy atom. The second-order valence-corrected chi connectivity index (χ2v) is 7.27. The lowest BCUT2D eigenvalue weighted by Gasteiger charge is -2.32. The van der Waals surface area contributed by atoms with Crippen LogP contribution in [0.5, 0.6) is 0 Å². The van der Waals surface area contributed by atoms with Gasteiger partial charge >= 0.3 is 0 Å². The van der Waals surface area contributed by atoms with E-state index in [0.717, 1.165) is 36.0 Å². The van der Waals surface area contributed by atoms with Crippen LogP contribution in [0.4, 0.5) is 0 Å². The van der Waals surface area contributed by atoms with Crippen LogP contribution in [-0.2, 0) is 16.1 Å². The molecular formula is C20H27N3O2. The van der Waals surface area contributed by atoms with Gasteiger partial charge in [-0.25, -0.2) is 0 Å². The smallest absolute Gasteiger partial charge is 0.242 e. The summed E-state index contributed by atoms with van der Waals surface area (Å²) in [5.74, 6) is 0.0594. The topological polar surface area (TPSA) is 54.3 Å². The summed E-state index contributed by atoms with van der Waals surface area (Å²) in [5, 5.41) is 4.12. The lowest BCUT2D eigenvalue weighted by atomic mass is 9.96. The number of aromatic nitrogens is 1. The average molecular weight is 341 g/mol. The predicted octanol–water partition coefficient (Wildman–Crippen LogP) is 2.71. The number of piperidine rings is 1. The summed E-state index contributed by atoms with van der Waals surface area (Å²) < 4.78 is 2.06. The highest BCUT2D eigenvalue weighted by molar-refractivity contribution is 5.85. The van der Waals surface area contributed by atoms with Gasteiger partial charge in [-0.1, -0.05) is 18.2 Å². The summed E-state index contributed by atoms with van der Waals surface area (Å²) in [4.78, 5) is 26.9. The minimum absolute atomic E-state index is 0.0649. The van der Waals surface area contributed by atoms with Crippen molar-refractivity contribution in [3.63, 3.8) is 0 Å². The predicted molar refractivity (Wildman–Crippen MR) is 99.3 cm³/mol. The second kappa shape index (κ2) is 7.30. The summed E-state index contributed by atoms with van der Waals surface area (Å²) in [6.07, 6.45) is 1.74. The van der Waals surface area contributed by atoms with Crippen LogP contribution in [0.2, 0.25) is 0 Å². The third kappa shape index (κ3) is 3.86. The van der Waals surface area contributed by atoms with Crippen LogP contribution in [0.15, 0.2) is 30.3 Å². The van der Waals surface area contributed by atoms with Crippen molar-refractivity contribution in [2.45, 2.75) is 46.2 Å². The number of carbonyl (C=O) groups excluding carboxylic acids is 2. The number of benzene rings is 1. The summed E-state index contributed by atoms with van der Waals surface area (Å²) in [5.41, 5.74) is 2.17. The molecule has 2 amide bonds. The molecule has 1 aliphatic rings. The van der Waals surface area contributed by atoms with Gasteiger partial charge in [0.1, 0.15) is 6.54 Å². The van der Waals surface area contributed by atoms with Crippen LogP contribution in [0.1, 0.15) is 32.4 Å². The van der Waals surface area contributed by atoms with Crippen molar-refractivity contribution < 1.29 is 9.59 Å². The van der Waals surface area contributed by atoms with E-state index in [2.05, 4.69) is 22.0 Å².